The Morgan fingerprint density at radius 3 is 2.00 bits per heavy atom. The van der Waals surface area contributed by atoms with E-state index in [0.717, 1.165) is 0 Å². The van der Waals surface area contributed by atoms with Crippen molar-refractivity contribution in [3.63, 3.8) is 0 Å². The van der Waals surface area contributed by atoms with Crippen LogP contribution >= 0.6 is 0 Å². The van der Waals surface area contributed by atoms with Crippen LogP contribution in [0.25, 0.3) is 0 Å². The Morgan fingerprint density at radius 1 is 1.20 bits per heavy atom. The van der Waals surface area contributed by atoms with Crippen molar-refractivity contribution in [1.29, 1.82) is 0 Å². The van der Waals surface area contributed by atoms with Crippen LogP contribution in [0.2, 0.25) is 0 Å². The molecule has 0 amide bonds. The van der Waals surface area contributed by atoms with Gasteiger partial charge in [0.1, 0.15) is 0 Å². The Labute approximate surface area is 95.0 Å². The van der Waals surface area contributed by atoms with Crippen molar-refractivity contribution in [2.24, 2.45) is 5.92 Å². The molecule has 0 aromatic carbocycles. The zero-order chi connectivity index (χ0) is 12.0. The van der Waals surface area contributed by atoms with Gasteiger partial charge in [-0.15, -0.1) is 0 Å². The number of hydrogen-bond acceptors (Lipinski definition) is 2. The molecule has 2 nitrogen and oxygen atoms in total. The van der Waals surface area contributed by atoms with Crippen molar-refractivity contribution >= 4 is 0 Å². The second-order valence-electron chi connectivity index (χ2n) is 4.67. The number of likely N-dealkylation sites (N-methyl/N-ethyl adjacent to an activating group) is 2. The molecule has 0 bridgehead atoms. The van der Waals surface area contributed by atoms with Crippen LogP contribution < -0.4 is 5.32 Å². The van der Waals surface area contributed by atoms with Crippen molar-refractivity contribution in [3.05, 3.63) is 23.3 Å². The lowest BCUT2D eigenvalue weighted by molar-refractivity contribution is 0.310. The van der Waals surface area contributed by atoms with E-state index in [2.05, 4.69) is 64.2 Å². The normalized spacial score (nSPS) is 13.9. The fraction of sp³-hybridized carbons (Fsp3) is 0.692. The molecule has 1 N–H and O–H groups in total. The summed E-state index contributed by atoms with van der Waals surface area (Å²) in [4.78, 5) is 2.15. The average Bonchev–Trinajstić information content (AvgIpc) is 2.10. The van der Waals surface area contributed by atoms with E-state index < -0.39 is 0 Å². The van der Waals surface area contributed by atoms with Crippen molar-refractivity contribution in [2.45, 2.75) is 33.9 Å². The molecule has 0 fully saturated rings. The minimum absolute atomic E-state index is 0.304. The maximum atomic E-state index is 3.25. The first-order valence-electron chi connectivity index (χ1n) is 5.59. The first-order valence-corrected chi connectivity index (χ1v) is 5.59. The number of allylic oxidation sites excluding steroid dienone is 3. The van der Waals surface area contributed by atoms with Crippen LogP contribution in [0.5, 0.6) is 0 Å². The van der Waals surface area contributed by atoms with E-state index in [4.69, 9.17) is 0 Å². The minimum atomic E-state index is 0.304. The Hall–Kier alpha value is -0.600. The molecule has 0 rings (SSSR count). The van der Waals surface area contributed by atoms with Gasteiger partial charge in [-0.1, -0.05) is 31.6 Å². The molecule has 0 aromatic rings. The molecule has 88 valence electrons. The highest BCUT2D eigenvalue weighted by Crippen LogP contribution is 2.16. The van der Waals surface area contributed by atoms with Crippen LogP contribution in [-0.2, 0) is 0 Å². The van der Waals surface area contributed by atoms with Gasteiger partial charge >= 0.3 is 0 Å². The van der Waals surface area contributed by atoms with Gasteiger partial charge in [0, 0.05) is 0 Å². The molecule has 0 heterocycles. The summed E-state index contributed by atoms with van der Waals surface area (Å²) in [6.07, 6.45) is 4.75. The first-order chi connectivity index (χ1) is 6.90. The Kier molecular flexibility index (Phi) is 6.53. The van der Waals surface area contributed by atoms with Gasteiger partial charge in [-0.3, -0.25) is 4.90 Å². The van der Waals surface area contributed by atoms with Crippen LogP contribution in [0, 0.1) is 5.92 Å². The zero-order valence-electron chi connectivity index (χ0n) is 11.3. The quantitative estimate of drug-likeness (QED) is 0.554. The molecular formula is C13H26N2. The van der Waals surface area contributed by atoms with Crippen LogP contribution in [0.15, 0.2) is 23.3 Å². The van der Waals surface area contributed by atoms with Gasteiger partial charge in [0.2, 0.25) is 0 Å². The first kappa shape index (κ1) is 14.4. The summed E-state index contributed by atoms with van der Waals surface area (Å²) in [7, 11) is 6.12. The average molecular weight is 210 g/mol. The van der Waals surface area contributed by atoms with Gasteiger partial charge in [0.05, 0.1) is 6.17 Å². The topological polar surface area (TPSA) is 15.3 Å². The van der Waals surface area contributed by atoms with Crippen LogP contribution in [0.1, 0.15) is 27.7 Å². The van der Waals surface area contributed by atoms with Gasteiger partial charge < -0.3 is 5.32 Å². The highest BCUT2D eigenvalue weighted by Gasteiger charge is 2.05. The van der Waals surface area contributed by atoms with Crippen LogP contribution in [-0.4, -0.2) is 32.2 Å². The third kappa shape index (κ3) is 5.14. The summed E-state index contributed by atoms with van der Waals surface area (Å²) in [5.74, 6) is 0.589. The number of rotatable bonds is 5. The number of nitrogens with zero attached hydrogens (tertiary/aromatic N) is 1. The molecule has 0 aromatic heterocycles. The molecule has 1 unspecified atom stereocenters. The van der Waals surface area contributed by atoms with Gasteiger partial charge in [-0.2, -0.15) is 0 Å². The Balaban J connectivity index is 4.68. The summed E-state index contributed by atoms with van der Waals surface area (Å²) in [5, 5.41) is 3.25. The maximum Gasteiger partial charge on any atom is 0.0785 e. The van der Waals surface area contributed by atoms with E-state index in [9.17, 15) is 0 Å². The second-order valence-corrected chi connectivity index (χ2v) is 4.67. The fourth-order valence-electron chi connectivity index (χ4n) is 1.66. The molecule has 0 spiro atoms. The molecule has 15 heavy (non-hydrogen) atoms. The largest absolute Gasteiger partial charge is 0.302 e. The van der Waals surface area contributed by atoms with Crippen LogP contribution in [0.3, 0.4) is 0 Å². The molecule has 0 saturated heterocycles. The monoisotopic (exact) mass is 210 g/mol. The summed E-state index contributed by atoms with van der Waals surface area (Å²) in [6, 6.07) is 0. The second kappa shape index (κ2) is 6.81. The summed E-state index contributed by atoms with van der Waals surface area (Å²) in [5.41, 5.74) is 2.83. The third-order valence-corrected chi connectivity index (χ3v) is 2.51. The summed E-state index contributed by atoms with van der Waals surface area (Å²) in [6.45, 7) is 8.81. The van der Waals surface area contributed by atoms with Crippen molar-refractivity contribution in [1.82, 2.24) is 10.2 Å². The smallest absolute Gasteiger partial charge is 0.0785 e. The van der Waals surface area contributed by atoms with Gasteiger partial charge in [0.15, 0.2) is 0 Å². The molecule has 0 aliphatic rings. The van der Waals surface area contributed by atoms with Crippen molar-refractivity contribution in [3.8, 4) is 0 Å². The number of nitrogens with one attached hydrogen (secondary N) is 1. The van der Waals surface area contributed by atoms with Crippen LogP contribution in [0.4, 0.5) is 0 Å². The molecule has 0 radical (unpaired) electrons. The van der Waals surface area contributed by atoms with E-state index in [-0.39, 0.29) is 0 Å². The highest BCUT2D eigenvalue weighted by atomic mass is 15.2. The van der Waals surface area contributed by atoms with Gasteiger partial charge in [0.25, 0.3) is 0 Å². The zero-order valence-corrected chi connectivity index (χ0v) is 11.3. The van der Waals surface area contributed by atoms with E-state index in [1.54, 1.807) is 0 Å². The van der Waals surface area contributed by atoms with E-state index in [0.29, 0.717) is 12.1 Å². The lowest BCUT2D eigenvalue weighted by Gasteiger charge is -2.20. The SMILES string of the molecule is CNC(/C=C\C(=C(C)C)C(C)C)N(C)C. The van der Waals surface area contributed by atoms with Gasteiger partial charge in [-0.25, -0.2) is 0 Å². The number of hydrogen-bond donors (Lipinski definition) is 1. The van der Waals surface area contributed by atoms with E-state index in [1.807, 2.05) is 7.05 Å². The van der Waals surface area contributed by atoms with Crippen molar-refractivity contribution < 1.29 is 0 Å². The molecular weight excluding hydrogens is 184 g/mol. The summed E-state index contributed by atoms with van der Waals surface area (Å²) >= 11 is 0. The van der Waals surface area contributed by atoms with E-state index >= 15 is 0 Å². The molecule has 0 saturated carbocycles. The van der Waals surface area contributed by atoms with Gasteiger partial charge in [-0.05, 0) is 46.5 Å². The molecule has 0 aliphatic heterocycles. The van der Waals surface area contributed by atoms with Crippen molar-refractivity contribution in [2.75, 3.05) is 21.1 Å². The molecule has 1 atom stereocenters. The third-order valence-electron chi connectivity index (χ3n) is 2.51. The maximum absolute atomic E-state index is 3.25. The standard InChI is InChI=1S/C13H26N2/c1-10(2)12(11(3)4)8-9-13(14-5)15(6)7/h8-10,13-14H,1-7H3/b9-8-. The summed E-state index contributed by atoms with van der Waals surface area (Å²) < 4.78 is 0. The predicted octanol–water partition coefficient (Wildman–Crippen LogP) is 2.64. The van der Waals surface area contributed by atoms with E-state index in [1.165, 1.54) is 11.1 Å². The molecule has 0 aliphatic carbocycles. The molecule has 2 heteroatoms. The Morgan fingerprint density at radius 2 is 1.73 bits per heavy atom. The lowest BCUT2D eigenvalue weighted by atomic mass is 9.98. The minimum Gasteiger partial charge on any atom is -0.302 e. The fourth-order valence-corrected chi connectivity index (χ4v) is 1.66. The Bertz CT molecular complexity index is 233. The highest BCUT2D eigenvalue weighted by molar-refractivity contribution is 5.26. The predicted molar refractivity (Wildman–Crippen MR) is 68.9 cm³/mol. The lowest BCUT2D eigenvalue weighted by Crippen LogP contribution is -2.37.